The summed E-state index contributed by atoms with van der Waals surface area (Å²) in [6.45, 7) is 3.38. The number of aliphatic carboxylic acids is 1. The molecule has 0 saturated carbocycles. The number of benzene rings is 1. The second kappa shape index (κ2) is 7.51. The predicted octanol–water partition coefficient (Wildman–Crippen LogP) is 1.92. The van der Waals surface area contributed by atoms with Gasteiger partial charge in [-0.1, -0.05) is 24.0 Å². The molecule has 0 aromatic heterocycles. The molecule has 1 aromatic carbocycles. The van der Waals surface area contributed by atoms with Gasteiger partial charge in [0.15, 0.2) is 0 Å². The molecule has 114 valence electrons. The van der Waals surface area contributed by atoms with Crippen molar-refractivity contribution in [3.63, 3.8) is 0 Å². The number of thioether (sulfide) groups is 1. The Hall–Kier alpha value is -1.47. The van der Waals surface area contributed by atoms with Gasteiger partial charge < -0.3 is 19.6 Å². The largest absolute Gasteiger partial charge is 0.497 e. The minimum Gasteiger partial charge on any atom is -0.497 e. The van der Waals surface area contributed by atoms with Crippen molar-refractivity contribution >= 4 is 40.0 Å². The normalized spacial score (nSPS) is 14.9. The molecule has 0 amide bonds. The SMILES string of the molecule is COc1ccc(N2CCN(C(=S)SCC(=O)O)CC2)cc1. The summed E-state index contributed by atoms with van der Waals surface area (Å²) in [7, 11) is 1.66. The number of ether oxygens (including phenoxy) is 1. The van der Waals surface area contributed by atoms with Crippen LogP contribution in [0.1, 0.15) is 0 Å². The van der Waals surface area contributed by atoms with E-state index in [-0.39, 0.29) is 5.75 Å². The molecule has 0 unspecified atom stereocenters. The fourth-order valence-electron chi connectivity index (χ4n) is 2.16. The highest BCUT2D eigenvalue weighted by molar-refractivity contribution is 8.23. The number of hydrogen-bond donors (Lipinski definition) is 1. The monoisotopic (exact) mass is 326 g/mol. The molecule has 0 aliphatic carbocycles. The zero-order chi connectivity index (χ0) is 15.2. The minimum atomic E-state index is -0.834. The van der Waals surface area contributed by atoms with E-state index in [0.717, 1.165) is 31.9 Å². The third-order valence-electron chi connectivity index (χ3n) is 3.29. The number of piperazine rings is 1. The third kappa shape index (κ3) is 4.50. The quantitative estimate of drug-likeness (QED) is 0.848. The molecule has 7 heteroatoms. The van der Waals surface area contributed by atoms with Crippen LogP contribution < -0.4 is 9.64 Å². The summed E-state index contributed by atoms with van der Waals surface area (Å²) in [5.41, 5.74) is 1.17. The maximum Gasteiger partial charge on any atom is 0.313 e. The molecule has 0 spiro atoms. The molecule has 2 rings (SSSR count). The van der Waals surface area contributed by atoms with Gasteiger partial charge in [-0.2, -0.15) is 0 Å². The van der Waals surface area contributed by atoms with Gasteiger partial charge in [0.2, 0.25) is 0 Å². The van der Waals surface area contributed by atoms with Crippen molar-refractivity contribution in [3.05, 3.63) is 24.3 Å². The zero-order valence-corrected chi connectivity index (χ0v) is 13.5. The first-order valence-corrected chi connectivity index (χ1v) is 8.02. The molecule has 1 aromatic rings. The highest BCUT2D eigenvalue weighted by atomic mass is 32.2. The molecule has 21 heavy (non-hydrogen) atoms. The van der Waals surface area contributed by atoms with Crippen LogP contribution in [0.4, 0.5) is 5.69 Å². The third-order valence-corrected chi connectivity index (χ3v) is 4.80. The van der Waals surface area contributed by atoms with E-state index in [4.69, 9.17) is 22.1 Å². The van der Waals surface area contributed by atoms with Crippen molar-refractivity contribution in [2.75, 3.05) is 43.9 Å². The second-order valence-electron chi connectivity index (χ2n) is 4.62. The first-order chi connectivity index (χ1) is 10.1. The van der Waals surface area contributed by atoms with Crippen molar-refractivity contribution in [1.82, 2.24) is 4.90 Å². The highest BCUT2D eigenvalue weighted by Gasteiger charge is 2.19. The van der Waals surface area contributed by atoms with E-state index in [2.05, 4.69) is 9.80 Å². The van der Waals surface area contributed by atoms with Gasteiger partial charge in [-0.25, -0.2) is 0 Å². The van der Waals surface area contributed by atoms with E-state index >= 15 is 0 Å². The van der Waals surface area contributed by atoms with Gasteiger partial charge in [0.25, 0.3) is 0 Å². The molecular weight excluding hydrogens is 308 g/mol. The molecule has 1 N–H and O–H groups in total. The Labute approximate surface area is 133 Å². The molecule has 1 fully saturated rings. The molecule has 0 atom stereocenters. The maximum absolute atomic E-state index is 10.6. The van der Waals surface area contributed by atoms with E-state index in [0.29, 0.717) is 4.32 Å². The summed E-state index contributed by atoms with van der Waals surface area (Å²) in [5, 5.41) is 8.68. The van der Waals surface area contributed by atoms with Crippen LogP contribution in [-0.2, 0) is 4.79 Å². The van der Waals surface area contributed by atoms with Crippen LogP contribution >= 0.6 is 24.0 Å². The van der Waals surface area contributed by atoms with Crippen molar-refractivity contribution in [3.8, 4) is 5.75 Å². The summed E-state index contributed by atoms with van der Waals surface area (Å²) >= 11 is 6.49. The van der Waals surface area contributed by atoms with Crippen molar-refractivity contribution < 1.29 is 14.6 Å². The van der Waals surface area contributed by atoms with Crippen LogP contribution in [0, 0.1) is 0 Å². The molecule has 0 bridgehead atoms. The Morgan fingerprint density at radius 2 is 1.90 bits per heavy atom. The van der Waals surface area contributed by atoms with Crippen LogP contribution in [0.15, 0.2) is 24.3 Å². The number of carboxylic acids is 1. The fraction of sp³-hybridized carbons (Fsp3) is 0.429. The molecule has 1 aliphatic heterocycles. The first-order valence-electron chi connectivity index (χ1n) is 6.62. The molecule has 0 radical (unpaired) electrons. The highest BCUT2D eigenvalue weighted by Crippen LogP contribution is 2.21. The van der Waals surface area contributed by atoms with Gasteiger partial charge in [0.1, 0.15) is 10.1 Å². The summed E-state index contributed by atoms with van der Waals surface area (Å²) < 4.78 is 5.83. The average Bonchev–Trinajstić information content (AvgIpc) is 2.53. The lowest BCUT2D eigenvalue weighted by Gasteiger charge is -2.37. The van der Waals surface area contributed by atoms with Crippen LogP contribution in [0.2, 0.25) is 0 Å². The van der Waals surface area contributed by atoms with Gasteiger partial charge >= 0.3 is 5.97 Å². The van der Waals surface area contributed by atoms with Crippen molar-refractivity contribution in [2.45, 2.75) is 0 Å². The van der Waals surface area contributed by atoms with Gasteiger partial charge in [-0.3, -0.25) is 4.79 Å². The van der Waals surface area contributed by atoms with Crippen LogP contribution in [0.25, 0.3) is 0 Å². The molecule has 1 heterocycles. The van der Waals surface area contributed by atoms with Crippen molar-refractivity contribution in [2.24, 2.45) is 0 Å². The number of hydrogen-bond acceptors (Lipinski definition) is 5. The van der Waals surface area contributed by atoms with Gasteiger partial charge in [-0.15, -0.1) is 0 Å². The fourth-order valence-corrected chi connectivity index (χ4v) is 3.13. The summed E-state index contributed by atoms with van der Waals surface area (Å²) in [6.07, 6.45) is 0. The Balaban J connectivity index is 1.84. The molecule has 5 nitrogen and oxygen atoms in total. The van der Waals surface area contributed by atoms with Crippen molar-refractivity contribution in [1.29, 1.82) is 0 Å². The molecule has 1 saturated heterocycles. The smallest absolute Gasteiger partial charge is 0.313 e. The Morgan fingerprint density at radius 3 is 2.43 bits per heavy atom. The zero-order valence-electron chi connectivity index (χ0n) is 11.8. The Kier molecular flexibility index (Phi) is 5.69. The lowest BCUT2D eigenvalue weighted by molar-refractivity contribution is -0.133. The Bertz CT molecular complexity index is 499. The van der Waals surface area contributed by atoms with E-state index in [9.17, 15) is 4.79 Å². The van der Waals surface area contributed by atoms with Crippen LogP contribution in [-0.4, -0.2) is 59.3 Å². The number of carbonyl (C=O) groups is 1. The first kappa shape index (κ1) is 15.9. The number of anilines is 1. The number of rotatable bonds is 4. The van der Waals surface area contributed by atoms with Crippen LogP contribution in [0.5, 0.6) is 5.75 Å². The van der Waals surface area contributed by atoms with E-state index in [1.807, 2.05) is 24.3 Å². The Morgan fingerprint density at radius 1 is 1.29 bits per heavy atom. The maximum atomic E-state index is 10.6. The standard InChI is InChI=1S/C14H18N2O3S2/c1-19-12-4-2-11(3-5-12)15-6-8-16(9-7-15)14(20)21-10-13(17)18/h2-5H,6-10H2,1H3,(H,17,18). The number of thiocarbonyl (C=S) groups is 1. The molecular formula is C14H18N2O3S2. The summed E-state index contributed by atoms with van der Waals surface area (Å²) in [5.74, 6) is 0.0419. The van der Waals surface area contributed by atoms with Gasteiger partial charge in [0.05, 0.1) is 12.9 Å². The second-order valence-corrected chi connectivity index (χ2v) is 6.23. The predicted molar refractivity (Wildman–Crippen MR) is 89.5 cm³/mol. The lowest BCUT2D eigenvalue weighted by Crippen LogP contribution is -2.47. The average molecular weight is 326 g/mol. The summed E-state index contributed by atoms with van der Waals surface area (Å²) in [4.78, 5) is 14.9. The van der Waals surface area contributed by atoms with Gasteiger partial charge in [0, 0.05) is 31.9 Å². The number of carboxylic acid groups (broad SMARTS) is 1. The van der Waals surface area contributed by atoms with E-state index < -0.39 is 5.97 Å². The van der Waals surface area contributed by atoms with E-state index in [1.165, 1.54) is 17.4 Å². The van der Waals surface area contributed by atoms with E-state index in [1.54, 1.807) is 7.11 Å². The lowest BCUT2D eigenvalue weighted by atomic mass is 10.2. The number of nitrogens with zero attached hydrogens (tertiary/aromatic N) is 2. The number of methoxy groups -OCH3 is 1. The topological polar surface area (TPSA) is 53.0 Å². The van der Waals surface area contributed by atoms with Crippen LogP contribution in [0.3, 0.4) is 0 Å². The summed E-state index contributed by atoms with van der Waals surface area (Å²) in [6, 6.07) is 8.00. The minimum absolute atomic E-state index is 0.0253. The van der Waals surface area contributed by atoms with Gasteiger partial charge in [-0.05, 0) is 24.3 Å². The molecule has 1 aliphatic rings.